The van der Waals surface area contributed by atoms with E-state index in [-0.39, 0.29) is 11.7 Å². The molecule has 4 nitrogen and oxygen atoms in total. The molecular weight excluding hydrogens is 269 g/mol. The monoisotopic (exact) mass is 287 g/mol. The number of amides is 1. The van der Waals surface area contributed by atoms with Crippen LogP contribution in [-0.4, -0.2) is 12.5 Å². The lowest BCUT2D eigenvalue weighted by molar-refractivity contribution is 0.0956. The number of hydrogen-bond donors (Lipinski definition) is 3. The van der Waals surface area contributed by atoms with Gasteiger partial charge in [-0.3, -0.25) is 4.79 Å². The Labute approximate surface area is 123 Å². The summed E-state index contributed by atoms with van der Waals surface area (Å²) in [6, 6.07) is 9.46. The van der Waals surface area contributed by atoms with Crippen LogP contribution in [0.4, 0.5) is 21.5 Å². The molecule has 110 valence electrons. The summed E-state index contributed by atoms with van der Waals surface area (Å²) in [5.74, 6) is -0.477. The van der Waals surface area contributed by atoms with Gasteiger partial charge in [-0.05, 0) is 55.8 Å². The molecule has 0 spiro atoms. The summed E-state index contributed by atoms with van der Waals surface area (Å²) in [5.41, 5.74) is 8.90. The number of rotatable bonds is 4. The van der Waals surface area contributed by atoms with Crippen LogP contribution in [0, 0.1) is 12.7 Å². The lowest BCUT2D eigenvalue weighted by Crippen LogP contribution is -2.23. The standard InChI is InChI=1S/C16H18FN3O/c1-3-19-16(21)13-6-5-12(18)9-15(13)20-14-7-4-11(17)8-10(14)2/h4-9,20H,3,18H2,1-2H3,(H,19,21). The molecule has 0 bridgehead atoms. The number of anilines is 3. The first kappa shape index (κ1) is 14.8. The second kappa shape index (κ2) is 6.26. The Morgan fingerprint density at radius 1 is 1.19 bits per heavy atom. The van der Waals surface area contributed by atoms with Crippen LogP contribution < -0.4 is 16.4 Å². The van der Waals surface area contributed by atoms with Crippen LogP contribution in [0.3, 0.4) is 0 Å². The number of aryl methyl sites for hydroxylation is 1. The zero-order valence-corrected chi connectivity index (χ0v) is 12.0. The van der Waals surface area contributed by atoms with Crippen molar-refractivity contribution in [3.8, 4) is 0 Å². The van der Waals surface area contributed by atoms with Gasteiger partial charge in [0.05, 0.1) is 11.3 Å². The van der Waals surface area contributed by atoms with Gasteiger partial charge in [-0.2, -0.15) is 0 Å². The van der Waals surface area contributed by atoms with Gasteiger partial charge < -0.3 is 16.4 Å². The maximum Gasteiger partial charge on any atom is 0.253 e. The third-order valence-corrected chi connectivity index (χ3v) is 3.08. The molecule has 21 heavy (non-hydrogen) atoms. The molecule has 5 heteroatoms. The van der Waals surface area contributed by atoms with Crippen LogP contribution >= 0.6 is 0 Å². The van der Waals surface area contributed by atoms with Crippen LogP contribution in [-0.2, 0) is 0 Å². The van der Waals surface area contributed by atoms with Crippen LogP contribution in [0.1, 0.15) is 22.8 Å². The summed E-state index contributed by atoms with van der Waals surface area (Å²) in [5, 5.41) is 5.89. The van der Waals surface area contributed by atoms with Crippen molar-refractivity contribution < 1.29 is 9.18 Å². The lowest BCUT2D eigenvalue weighted by atomic mass is 10.1. The molecule has 0 unspecified atom stereocenters. The third kappa shape index (κ3) is 3.51. The molecule has 0 aliphatic rings. The van der Waals surface area contributed by atoms with Crippen LogP contribution in [0.15, 0.2) is 36.4 Å². The summed E-state index contributed by atoms with van der Waals surface area (Å²) < 4.78 is 13.1. The molecule has 0 saturated carbocycles. The van der Waals surface area contributed by atoms with Crippen molar-refractivity contribution in [1.29, 1.82) is 0 Å². The molecule has 1 amide bonds. The molecule has 4 N–H and O–H groups in total. The highest BCUT2D eigenvalue weighted by atomic mass is 19.1. The van der Waals surface area contributed by atoms with Gasteiger partial charge >= 0.3 is 0 Å². The predicted molar refractivity (Wildman–Crippen MR) is 83.3 cm³/mol. The van der Waals surface area contributed by atoms with Crippen molar-refractivity contribution in [3.63, 3.8) is 0 Å². The number of hydrogen-bond acceptors (Lipinski definition) is 3. The van der Waals surface area contributed by atoms with Crippen LogP contribution in [0.2, 0.25) is 0 Å². The topological polar surface area (TPSA) is 67.2 Å². The summed E-state index contributed by atoms with van der Waals surface area (Å²) in [6.07, 6.45) is 0. The summed E-state index contributed by atoms with van der Waals surface area (Å²) in [6.45, 7) is 4.19. The number of nitrogen functional groups attached to an aromatic ring is 1. The van der Waals surface area contributed by atoms with Crippen molar-refractivity contribution in [2.45, 2.75) is 13.8 Å². The van der Waals surface area contributed by atoms with Crippen LogP contribution in [0.5, 0.6) is 0 Å². The zero-order chi connectivity index (χ0) is 15.4. The third-order valence-electron chi connectivity index (χ3n) is 3.08. The summed E-state index contributed by atoms with van der Waals surface area (Å²) in [4.78, 5) is 12.1. The minimum Gasteiger partial charge on any atom is -0.399 e. The number of benzene rings is 2. The van der Waals surface area contributed by atoms with E-state index in [2.05, 4.69) is 10.6 Å². The van der Waals surface area contributed by atoms with E-state index in [1.807, 2.05) is 6.92 Å². The normalized spacial score (nSPS) is 10.2. The Hall–Kier alpha value is -2.56. The first-order chi connectivity index (χ1) is 10.0. The first-order valence-corrected chi connectivity index (χ1v) is 6.72. The Bertz CT molecular complexity index is 671. The van der Waals surface area contributed by atoms with E-state index in [1.54, 1.807) is 31.2 Å². The maximum absolute atomic E-state index is 13.1. The van der Waals surface area contributed by atoms with Crippen molar-refractivity contribution in [2.24, 2.45) is 0 Å². The predicted octanol–water partition coefficient (Wildman–Crippen LogP) is 3.21. The molecule has 2 aromatic rings. The highest BCUT2D eigenvalue weighted by Crippen LogP contribution is 2.26. The van der Waals surface area contributed by atoms with E-state index < -0.39 is 0 Å². The van der Waals surface area contributed by atoms with E-state index in [0.29, 0.717) is 23.5 Å². The average Bonchev–Trinajstić information content (AvgIpc) is 2.42. The van der Waals surface area contributed by atoms with Gasteiger partial charge in [-0.15, -0.1) is 0 Å². The van der Waals surface area contributed by atoms with Gasteiger partial charge in [-0.1, -0.05) is 0 Å². The van der Waals surface area contributed by atoms with Crippen molar-refractivity contribution in [1.82, 2.24) is 5.32 Å². The van der Waals surface area contributed by atoms with Crippen molar-refractivity contribution >= 4 is 23.0 Å². The molecule has 0 aliphatic carbocycles. The van der Waals surface area contributed by atoms with Gasteiger partial charge in [0, 0.05) is 17.9 Å². The largest absolute Gasteiger partial charge is 0.399 e. The average molecular weight is 287 g/mol. The molecule has 0 radical (unpaired) electrons. The summed E-state index contributed by atoms with van der Waals surface area (Å²) >= 11 is 0. The Morgan fingerprint density at radius 2 is 1.95 bits per heavy atom. The molecule has 2 rings (SSSR count). The molecule has 0 fully saturated rings. The SMILES string of the molecule is CCNC(=O)c1ccc(N)cc1Nc1ccc(F)cc1C. The Balaban J connectivity index is 2.38. The number of nitrogens with two attached hydrogens (primary N) is 1. The number of carbonyl (C=O) groups is 1. The lowest BCUT2D eigenvalue weighted by Gasteiger charge is -2.14. The molecule has 0 aromatic heterocycles. The highest BCUT2D eigenvalue weighted by Gasteiger charge is 2.12. The fourth-order valence-electron chi connectivity index (χ4n) is 2.03. The molecular formula is C16H18FN3O. The van der Waals surface area contributed by atoms with E-state index in [0.717, 1.165) is 11.3 Å². The second-order valence-electron chi connectivity index (χ2n) is 4.75. The van der Waals surface area contributed by atoms with E-state index >= 15 is 0 Å². The van der Waals surface area contributed by atoms with E-state index in [9.17, 15) is 9.18 Å². The highest BCUT2D eigenvalue weighted by molar-refractivity contribution is 6.01. The second-order valence-corrected chi connectivity index (χ2v) is 4.75. The quantitative estimate of drug-likeness (QED) is 0.756. The zero-order valence-electron chi connectivity index (χ0n) is 12.0. The van der Waals surface area contributed by atoms with Gasteiger partial charge in [0.1, 0.15) is 5.82 Å². The van der Waals surface area contributed by atoms with Gasteiger partial charge in [0.25, 0.3) is 5.91 Å². The van der Waals surface area contributed by atoms with Crippen molar-refractivity contribution in [3.05, 3.63) is 53.3 Å². The van der Waals surface area contributed by atoms with Gasteiger partial charge in [0.15, 0.2) is 0 Å². The van der Waals surface area contributed by atoms with E-state index in [1.165, 1.54) is 12.1 Å². The number of halogens is 1. The maximum atomic E-state index is 13.1. The molecule has 0 saturated heterocycles. The minimum atomic E-state index is -0.297. The molecule has 0 aliphatic heterocycles. The minimum absolute atomic E-state index is 0.181. The number of nitrogens with one attached hydrogen (secondary N) is 2. The Kier molecular flexibility index (Phi) is 4.42. The smallest absolute Gasteiger partial charge is 0.253 e. The fourth-order valence-corrected chi connectivity index (χ4v) is 2.03. The molecule has 0 atom stereocenters. The Morgan fingerprint density at radius 3 is 2.62 bits per heavy atom. The van der Waals surface area contributed by atoms with Crippen molar-refractivity contribution in [2.75, 3.05) is 17.6 Å². The summed E-state index contributed by atoms with van der Waals surface area (Å²) in [7, 11) is 0. The van der Waals surface area contributed by atoms with Gasteiger partial charge in [-0.25, -0.2) is 4.39 Å². The van der Waals surface area contributed by atoms with Gasteiger partial charge in [0.2, 0.25) is 0 Å². The van der Waals surface area contributed by atoms with E-state index in [4.69, 9.17) is 5.73 Å². The molecule has 2 aromatic carbocycles. The number of carbonyl (C=O) groups excluding carboxylic acids is 1. The molecule has 0 heterocycles. The fraction of sp³-hybridized carbons (Fsp3) is 0.188. The van der Waals surface area contributed by atoms with Crippen LogP contribution in [0.25, 0.3) is 0 Å². The first-order valence-electron chi connectivity index (χ1n) is 6.72.